The van der Waals surface area contributed by atoms with E-state index >= 15 is 0 Å². The van der Waals surface area contributed by atoms with E-state index in [2.05, 4.69) is 0 Å². The fourth-order valence-electron chi connectivity index (χ4n) is 3.76. The Balaban J connectivity index is 1.53. The first kappa shape index (κ1) is 22.0. The molecule has 1 amide bonds. The van der Waals surface area contributed by atoms with E-state index in [1.165, 1.54) is 6.07 Å². The van der Waals surface area contributed by atoms with Gasteiger partial charge in [0.2, 0.25) is 5.91 Å². The van der Waals surface area contributed by atoms with Crippen molar-refractivity contribution in [2.75, 3.05) is 51.4 Å². The quantitative estimate of drug-likeness (QED) is 0.591. The summed E-state index contributed by atoms with van der Waals surface area (Å²) in [6, 6.07) is 5.90. The molecule has 7 nitrogen and oxygen atoms in total. The van der Waals surface area contributed by atoms with Gasteiger partial charge in [-0.05, 0) is 38.4 Å². The monoisotopic (exact) mass is 428 g/mol. The number of likely N-dealkylation sites (N-methyl/N-ethyl adjacent to an activating group) is 1. The topological polar surface area (TPSA) is 76.2 Å². The minimum Gasteiger partial charge on any atom is -0.489 e. The van der Waals surface area contributed by atoms with Gasteiger partial charge in [-0.15, -0.1) is 0 Å². The Labute approximate surface area is 171 Å². The molecule has 0 spiro atoms. The van der Waals surface area contributed by atoms with Gasteiger partial charge in [0.1, 0.15) is 6.61 Å². The molecule has 0 aromatic heterocycles. The second kappa shape index (κ2) is 9.86. The molecule has 0 radical (unpaired) electrons. The normalized spacial score (nSPS) is 23.4. The molecule has 2 heterocycles. The molecule has 2 atom stereocenters. The van der Waals surface area contributed by atoms with Crippen LogP contribution in [0.2, 0.25) is 0 Å². The van der Waals surface area contributed by atoms with E-state index in [-0.39, 0.29) is 48.5 Å². The van der Waals surface area contributed by atoms with Crippen LogP contribution >= 0.6 is 0 Å². The van der Waals surface area contributed by atoms with E-state index in [1.807, 2.05) is 0 Å². The lowest BCUT2D eigenvalue weighted by Gasteiger charge is -2.32. The molecule has 29 heavy (non-hydrogen) atoms. The first-order chi connectivity index (χ1) is 13.8. The van der Waals surface area contributed by atoms with Gasteiger partial charge in [-0.1, -0.05) is 12.1 Å². The number of amides is 1. The van der Waals surface area contributed by atoms with Crippen LogP contribution in [0.5, 0.6) is 5.75 Å². The number of ether oxygens (including phenoxy) is 2. The first-order valence-electron chi connectivity index (χ1n) is 10.0. The SMILES string of the molecule is CN(CCOc1ccccc1F)CC(=O)N(CC1CCCO1)C1CCS(=O)(=O)C1. The van der Waals surface area contributed by atoms with Crippen molar-refractivity contribution in [1.29, 1.82) is 0 Å². The molecule has 2 saturated heterocycles. The molecule has 162 valence electrons. The number of sulfone groups is 1. The average molecular weight is 429 g/mol. The summed E-state index contributed by atoms with van der Waals surface area (Å²) < 4.78 is 48.5. The van der Waals surface area contributed by atoms with Crippen molar-refractivity contribution in [1.82, 2.24) is 9.80 Å². The predicted octanol–water partition coefficient (Wildman–Crippen LogP) is 1.33. The summed E-state index contributed by atoms with van der Waals surface area (Å²) in [5, 5.41) is 0. The van der Waals surface area contributed by atoms with Crippen LogP contribution < -0.4 is 4.74 Å². The molecular formula is C20H29FN2O5S. The average Bonchev–Trinajstić information content (AvgIpc) is 3.30. The molecule has 0 N–H and O–H groups in total. The number of nitrogens with zero attached hydrogens (tertiary/aromatic N) is 2. The predicted molar refractivity (Wildman–Crippen MR) is 107 cm³/mol. The number of benzene rings is 1. The highest BCUT2D eigenvalue weighted by molar-refractivity contribution is 7.91. The molecule has 9 heteroatoms. The van der Waals surface area contributed by atoms with Gasteiger partial charge >= 0.3 is 0 Å². The van der Waals surface area contributed by atoms with E-state index in [0.717, 1.165) is 12.8 Å². The highest BCUT2D eigenvalue weighted by Crippen LogP contribution is 2.22. The highest BCUT2D eigenvalue weighted by Gasteiger charge is 2.36. The summed E-state index contributed by atoms with van der Waals surface area (Å²) in [6.45, 7) is 1.94. The van der Waals surface area contributed by atoms with E-state index in [4.69, 9.17) is 9.47 Å². The Kier molecular flexibility index (Phi) is 7.48. The van der Waals surface area contributed by atoms with Crippen molar-refractivity contribution in [3.05, 3.63) is 30.1 Å². The summed E-state index contributed by atoms with van der Waals surface area (Å²) in [4.78, 5) is 16.4. The van der Waals surface area contributed by atoms with Gasteiger partial charge < -0.3 is 14.4 Å². The molecular weight excluding hydrogens is 399 g/mol. The summed E-state index contributed by atoms with van der Waals surface area (Å²) in [5.41, 5.74) is 0. The lowest BCUT2D eigenvalue weighted by atomic mass is 10.1. The highest BCUT2D eigenvalue weighted by atomic mass is 32.2. The maximum Gasteiger partial charge on any atom is 0.237 e. The van der Waals surface area contributed by atoms with E-state index in [9.17, 15) is 17.6 Å². The number of carbonyl (C=O) groups is 1. The van der Waals surface area contributed by atoms with Crippen molar-refractivity contribution in [2.45, 2.75) is 31.4 Å². The minimum absolute atomic E-state index is 0.0194. The second-order valence-electron chi connectivity index (χ2n) is 7.75. The standard InChI is InChI=1S/C20H29FN2O5S/c1-22(9-11-28-19-7-3-2-6-18(19)21)14-20(24)23(13-17-5-4-10-27-17)16-8-12-29(25,26)15-16/h2-3,6-7,16-17H,4-5,8-15H2,1H3. The molecule has 0 bridgehead atoms. The third-order valence-corrected chi connectivity index (χ3v) is 7.12. The summed E-state index contributed by atoms with van der Waals surface area (Å²) in [6.07, 6.45) is 2.29. The van der Waals surface area contributed by atoms with Crippen molar-refractivity contribution in [2.24, 2.45) is 0 Å². The van der Waals surface area contributed by atoms with Gasteiger partial charge in [0, 0.05) is 25.7 Å². The Morgan fingerprint density at radius 2 is 2.10 bits per heavy atom. The molecule has 2 aliphatic heterocycles. The molecule has 1 aromatic rings. The second-order valence-corrected chi connectivity index (χ2v) is 9.98. The largest absolute Gasteiger partial charge is 0.489 e. The maximum atomic E-state index is 13.6. The lowest BCUT2D eigenvalue weighted by Crippen LogP contribution is -2.49. The number of hydrogen-bond acceptors (Lipinski definition) is 6. The zero-order chi connectivity index (χ0) is 20.9. The van der Waals surface area contributed by atoms with Crippen molar-refractivity contribution in [3.63, 3.8) is 0 Å². The maximum absolute atomic E-state index is 13.6. The number of rotatable bonds is 9. The summed E-state index contributed by atoms with van der Waals surface area (Å²) in [7, 11) is -1.30. The lowest BCUT2D eigenvalue weighted by molar-refractivity contribution is -0.135. The number of hydrogen-bond donors (Lipinski definition) is 0. The molecule has 2 fully saturated rings. The molecule has 2 unspecified atom stereocenters. The van der Waals surface area contributed by atoms with Crippen LogP contribution in [0, 0.1) is 5.82 Å². The van der Waals surface area contributed by atoms with Crippen molar-refractivity contribution < 1.29 is 27.1 Å². The fourth-order valence-corrected chi connectivity index (χ4v) is 5.49. The van der Waals surface area contributed by atoms with Crippen LogP contribution in [-0.4, -0.2) is 87.7 Å². The van der Waals surface area contributed by atoms with Crippen LogP contribution in [0.15, 0.2) is 24.3 Å². The van der Waals surface area contributed by atoms with Crippen LogP contribution in [0.1, 0.15) is 19.3 Å². The van der Waals surface area contributed by atoms with E-state index in [1.54, 1.807) is 35.0 Å². The summed E-state index contributed by atoms with van der Waals surface area (Å²) in [5.74, 6) is -0.207. The molecule has 2 aliphatic rings. The number of halogens is 1. The molecule has 0 saturated carbocycles. The van der Waals surface area contributed by atoms with Crippen molar-refractivity contribution >= 4 is 15.7 Å². The van der Waals surface area contributed by atoms with Crippen molar-refractivity contribution in [3.8, 4) is 5.75 Å². The van der Waals surface area contributed by atoms with E-state index < -0.39 is 15.7 Å². The Bertz CT molecular complexity index is 798. The molecule has 1 aromatic carbocycles. The van der Waals surface area contributed by atoms with Crippen LogP contribution in [0.25, 0.3) is 0 Å². The number of para-hydroxylation sites is 1. The van der Waals surface area contributed by atoms with Gasteiger partial charge in [0.15, 0.2) is 21.4 Å². The Morgan fingerprint density at radius 3 is 2.76 bits per heavy atom. The van der Waals surface area contributed by atoms with Gasteiger partial charge in [-0.25, -0.2) is 12.8 Å². The van der Waals surface area contributed by atoms with Gasteiger partial charge in [0.05, 0.1) is 24.2 Å². The third kappa shape index (κ3) is 6.38. The molecule has 0 aliphatic carbocycles. The Morgan fingerprint density at radius 1 is 1.31 bits per heavy atom. The van der Waals surface area contributed by atoms with Gasteiger partial charge in [-0.3, -0.25) is 9.69 Å². The zero-order valence-electron chi connectivity index (χ0n) is 16.8. The summed E-state index contributed by atoms with van der Waals surface area (Å²) >= 11 is 0. The van der Waals surface area contributed by atoms with Crippen LogP contribution in [-0.2, 0) is 19.4 Å². The number of carbonyl (C=O) groups excluding carboxylic acids is 1. The molecule has 3 rings (SSSR count). The van der Waals surface area contributed by atoms with Crippen LogP contribution in [0.3, 0.4) is 0 Å². The fraction of sp³-hybridized carbons (Fsp3) is 0.650. The van der Waals surface area contributed by atoms with Gasteiger partial charge in [0.25, 0.3) is 0 Å². The van der Waals surface area contributed by atoms with Crippen LogP contribution in [0.4, 0.5) is 4.39 Å². The van der Waals surface area contributed by atoms with Gasteiger partial charge in [-0.2, -0.15) is 0 Å². The zero-order valence-corrected chi connectivity index (χ0v) is 17.6. The minimum atomic E-state index is -3.09. The third-order valence-electron chi connectivity index (χ3n) is 5.37. The first-order valence-corrected chi connectivity index (χ1v) is 11.8. The van der Waals surface area contributed by atoms with E-state index in [0.29, 0.717) is 26.1 Å². The smallest absolute Gasteiger partial charge is 0.237 e. The Hall–Kier alpha value is -1.71.